The number of carboxylic acid groups (broad SMARTS) is 1. The van der Waals surface area contributed by atoms with Crippen molar-refractivity contribution in [3.05, 3.63) is 60.8 Å². The Morgan fingerprint density at radius 1 is 1.00 bits per heavy atom. The predicted molar refractivity (Wildman–Crippen MR) is 102 cm³/mol. The molecule has 6 nitrogen and oxygen atoms in total. The van der Waals surface area contributed by atoms with Crippen molar-refractivity contribution in [2.24, 2.45) is 0 Å². The van der Waals surface area contributed by atoms with Gasteiger partial charge in [0.1, 0.15) is 11.5 Å². The van der Waals surface area contributed by atoms with Crippen molar-refractivity contribution in [3.63, 3.8) is 0 Å². The average molecular weight is 364 g/mol. The molecule has 0 amide bonds. The lowest BCUT2D eigenvalue weighted by Crippen LogP contribution is -2.00. The third-order valence-electron chi connectivity index (χ3n) is 4.08. The highest BCUT2D eigenvalue weighted by molar-refractivity contribution is 5.72. The van der Waals surface area contributed by atoms with Gasteiger partial charge >= 0.3 is 5.97 Å². The molecule has 0 unspecified atom stereocenters. The topological polar surface area (TPSA) is 92.5 Å². The number of aromatic nitrogens is 2. The van der Waals surface area contributed by atoms with E-state index in [0.29, 0.717) is 30.7 Å². The number of ether oxygens (including phenoxy) is 1. The lowest BCUT2D eigenvalue weighted by atomic mass is 10.0. The molecular weight excluding hydrogens is 344 g/mol. The third-order valence-corrected chi connectivity index (χ3v) is 4.08. The predicted octanol–water partition coefficient (Wildman–Crippen LogP) is 4.15. The molecule has 3 aromatic rings. The zero-order chi connectivity index (χ0) is 19.1. The summed E-state index contributed by atoms with van der Waals surface area (Å²) < 4.78 is 5.63. The molecular formula is C21H20N2O4. The molecule has 0 saturated carbocycles. The van der Waals surface area contributed by atoms with Gasteiger partial charge in [-0.1, -0.05) is 24.3 Å². The van der Waals surface area contributed by atoms with Crippen molar-refractivity contribution < 1.29 is 19.7 Å². The molecule has 0 aliphatic heterocycles. The molecule has 0 spiro atoms. The molecule has 0 saturated heterocycles. The van der Waals surface area contributed by atoms with Crippen molar-refractivity contribution in [1.82, 2.24) is 10.2 Å². The molecule has 2 N–H and O–H groups in total. The molecule has 0 bridgehead atoms. The zero-order valence-electron chi connectivity index (χ0n) is 14.7. The second-order valence-corrected chi connectivity index (χ2v) is 6.07. The number of rotatable bonds is 8. The van der Waals surface area contributed by atoms with E-state index in [-0.39, 0.29) is 12.2 Å². The smallest absolute Gasteiger partial charge is 0.303 e. The van der Waals surface area contributed by atoms with Crippen LogP contribution in [0.5, 0.6) is 11.5 Å². The first-order valence-electron chi connectivity index (χ1n) is 8.69. The lowest BCUT2D eigenvalue weighted by Gasteiger charge is -2.08. The number of aromatic hydroxyl groups is 1. The maximum atomic E-state index is 10.5. The normalized spacial score (nSPS) is 10.5. The van der Waals surface area contributed by atoms with Crippen LogP contribution in [-0.2, 0) is 4.79 Å². The van der Waals surface area contributed by atoms with Crippen LogP contribution < -0.4 is 4.74 Å². The minimum atomic E-state index is -0.784. The Hall–Kier alpha value is -3.41. The molecule has 27 heavy (non-hydrogen) atoms. The van der Waals surface area contributed by atoms with Gasteiger partial charge in [-0.05, 0) is 48.7 Å². The van der Waals surface area contributed by atoms with Crippen LogP contribution in [0.3, 0.4) is 0 Å². The number of nitrogens with zero attached hydrogens (tertiary/aromatic N) is 2. The van der Waals surface area contributed by atoms with Gasteiger partial charge in [-0.15, -0.1) is 0 Å². The van der Waals surface area contributed by atoms with Crippen LogP contribution >= 0.6 is 0 Å². The quantitative estimate of drug-likeness (QED) is 0.583. The standard InChI is InChI=1S/C21H20N2O4/c24-20-6-2-1-5-18(20)19-13-16(14-22-23-19)15-8-10-17(11-9-15)27-12-4-3-7-21(25)26/h1-2,5-6,8-11,13-14,24H,3-4,7,12H2,(H,25,26). The molecule has 6 heteroatoms. The Morgan fingerprint density at radius 2 is 1.78 bits per heavy atom. The van der Waals surface area contributed by atoms with Crippen LogP contribution in [-0.4, -0.2) is 33.0 Å². The van der Waals surface area contributed by atoms with Crippen LogP contribution in [0, 0.1) is 0 Å². The van der Waals surface area contributed by atoms with E-state index in [1.54, 1.807) is 24.4 Å². The molecule has 2 aromatic carbocycles. The van der Waals surface area contributed by atoms with E-state index in [1.165, 1.54) is 0 Å². The summed E-state index contributed by atoms with van der Waals surface area (Å²) in [6.07, 6.45) is 3.14. The van der Waals surface area contributed by atoms with Crippen LogP contribution in [0.15, 0.2) is 60.8 Å². The minimum absolute atomic E-state index is 0.163. The number of unbranched alkanes of at least 4 members (excludes halogenated alkanes) is 1. The summed E-state index contributed by atoms with van der Waals surface area (Å²) in [5.74, 6) is 0.112. The van der Waals surface area contributed by atoms with Crippen LogP contribution in [0.1, 0.15) is 19.3 Å². The van der Waals surface area contributed by atoms with Crippen molar-refractivity contribution in [3.8, 4) is 33.9 Å². The molecule has 3 rings (SSSR count). The molecule has 138 valence electrons. The van der Waals surface area contributed by atoms with Gasteiger partial charge in [-0.3, -0.25) is 4.79 Å². The van der Waals surface area contributed by atoms with E-state index in [4.69, 9.17) is 9.84 Å². The van der Waals surface area contributed by atoms with E-state index in [2.05, 4.69) is 10.2 Å². The zero-order valence-corrected chi connectivity index (χ0v) is 14.7. The van der Waals surface area contributed by atoms with Gasteiger partial charge in [-0.2, -0.15) is 10.2 Å². The fraction of sp³-hybridized carbons (Fsp3) is 0.190. The van der Waals surface area contributed by atoms with Crippen LogP contribution in [0.25, 0.3) is 22.4 Å². The Balaban J connectivity index is 1.66. The van der Waals surface area contributed by atoms with Crippen LogP contribution in [0.4, 0.5) is 0 Å². The van der Waals surface area contributed by atoms with E-state index in [0.717, 1.165) is 16.9 Å². The molecule has 0 atom stereocenters. The average Bonchev–Trinajstić information content (AvgIpc) is 2.68. The van der Waals surface area contributed by atoms with Gasteiger partial charge < -0.3 is 14.9 Å². The number of para-hydroxylation sites is 1. The summed E-state index contributed by atoms with van der Waals surface area (Å²) in [4.78, 5) is 10.5. The Bertz CT molecular complexity index is 910. The summed E-state index contributed by atoms with van der Waals surface area (Å²) in [5, 5.41) is 26.8. The number of benzene rings is 2. The number of carbonyl (C=O) groups is 1. The highest BCUT2D eigenvalue weighted by Gasteiger charge is 2.08. The van der Waals surface area contributed by atoms with Crippen molar-refractivity contribution in [2.45, 2.75) is 19.3 Å². The molecule has 0 aliphatic rings. The molecule has 0 fully saturated rings. The van der Waals surface area contributed by atoms with Gasteiger partial charge in [0.15, 0.2) is 0 Å². The van der Waals surface area contributed by atoms with E-state index in [1.807, 2.05) is 36.4 Å². The number of phenols is 1. The molecule has 1 heterocycles. The van der Waals surface area contributed by atoms with E-state index in [9.17, 15) is 9.90 Å². The third kappa shape index (κ3) is 5.04. The lowest BCUT2D eigenvalue weighted by molar-refractivity contribution is -0.137. The highest BCUT2D eigenvalue weighted by atomic mass is 16.5. The maximum Gasteiger partial charge on any atom is 0.303 e. The fourth-order valence-corrected chi connectivity index (χ4v) is 2.66. The van der Waals surface area contributed by atoms with Crippen molar-refractivity contribution in [1.29, 1.82) is 0 Å². The molecule has 1 aromatic heterocycles. The van der Waals surface area contributed by atoms with Gasteiger partial charge in [0.25, 0.3) is 0 Å². The second kappa shape index (κ2) is 8.80. The number of aliphatic carboxylic acids is 1. The summed E-state index contributed by atoms with van der Waals surface area (Å²) in [6, 6.07) is 16.5. The van der Waals surface area contributed by atoms with Gasteiger partial charge in [0.05, 0.1) is 18.5 Å². The first kappa shape index (κ1) is 18.4. The largest absolute Gasteiger partial charge is 0.507 e. The summed E-state index contributed by atoms with van der Waals surface area (Å²) in [5.41, 5.74) is 3.08. The van der Waals surface area contributed by atoms with E-state index >= 15 is 0 Å². The highest BCUT2D eigenvalue weighted by Crippen LogP contribution is 2.30. The first-order valence-corrected chi connectivity index (χ1v) is 8.69. The second-order valence-electron chi connectivity index (χ2n) is 6.07. The Kier molecular flexibility index (Phi) is 5.99. The van der Waals surface area contributed by atoms with E-state index < -0.39 is 5.97 Å². The summed E-state index contributed by atoms with van der Waals surface area (Å²) >= 11 is 0. The first-order chi connectivity index (χ1) is 13.1. The van der Waals surface area contributed by atoms with Gasteiger partial charge in [0, 0.05) is 17.5 Å². The van der Waals surface area contributed by atoms with Crippen molar-refractivity contribution in [2.75, 3.05) is 6.61 Å². The number of hydrogen-bond acceptors (Lipinski definition) is 5. The number of hydrogen-bond donors (Lipinski definition) is 2. The number of carboxylic acids is 1. The Labute approximate surface area is 157 Å². The molecule has 0 aliphatic carbocycles. The number of phenolic OH excluding ortho intramolecular Hbond substituents is 1. The fourth-order valence-electron chi connectivity index (χ4n) is 2.66. The van der Waals surface area contributed by atoms with Crippen LogP contribution in [0.2, 0.25) is 0 Å². The Morgan fingerprint density at radius 3 is 2.52 bits per heavy atom. The summed E-state index contributed by atoms with van der Waals surface area (Å²) in [6.45, 7) is 0.487. The molecule has 0 radical (unpaired) electrons. The minimum Gasteiger partial charge on any atom is -0.507 e. The van der Waals surface area contributed by atoms with Gasteiger partial charge in [-0.25, -0.2) is 0 Å². The summed E-state index contributed by atoms with van der Waals surface area (Å²) in [7, 11) is 0. The maximum absolute atomic E-state index is 10.5. The van der Waals surface area contributed by atoms with Gasteiger partial charge in [0.2, 0.25) is 0 Å². The van der Waals surface area contributed by atoms with Crippen molar-refractivity contribution >= 4 is 5.97 Å². The monoisotopic (exact) mass is 364 g/mol. The SMILES string of the molecule is O=C(O)CCCCOc1ccc(-c2cnnc(-c3ccccc3O)c2)cc1.